The summed E-state index contributed by atoms with van der Waals surface area (Å²) in [5, 5.41) is 5.30. The van der Waals surface area contributed by atoms with E-state index in [2.05, 4.69) is 16.3 Å². The Bertz CT molecular complexity index is 1120. The van der Waals surface area contributed by atoms with Crippen LogP contribution in [0.1, 0.15) is 37.8 Å². The van der Waals surface area contributed by atoms with Crippen LogP contribution in [0.2, 0.25) is 15.1 Å². The molecule has 0 aromatic heterocycles. The zero-order valence-electron chi connectivity index (χ0n) is 20.5. The number of hydrogen-bond donors (Lipinski definition) is 2. The van der Waals surface area contributed by atoms with Gasteiger partial charge in [-0.15, -0.1) is 0 Å². The van der Waals surface area contributed by atoms with Crippen molar-refractivity contribution in [1.29, 1.82) is 0 Å². The van der Waals surface area contributed by atoms with Crippen LogP contribution in [0.3, 0.4) is 0 Å². The SMILES string of the molecule is CC(Nc1cc(N2CCC(C(=O)N3CCC(N(C)C(N)=O)C3)CC2)ccc1Cl)c1ccc(Cl)cc1Cl. The largest absolute Gasteiger partial charge is 0.377 e. The first-order valence-electron chi connectivity index (χ1n) is 12.2. The number of nitrogens with two attached hydrogens (primary N) is 1. The summed E-state index contributed by atoms with van der Waals surface area (Å²) in [4.78, 5) is 30.3. The first-order chi connectivity index (χ1) is 17.1. The molecule has 0 bridgehead atoms. The van der Waals surface area contributed by atoms with Crippen molar-refractivity contribution < 1.29 is 9.59 Å². The highest BCUT2D eigenvalue weighted by atomic mass is 35.5. The molecule has 0 spiro atoms. The molecule has 2 aromatic carbocycles. The number of nitrogens with one attached hydrogen (secondary N) is 1. The number of nitrogens with zero attached hydrogens (tertiary/aromatic N) is 3. The molecule has 2 heterocycles. The summed E-state index contributed by atoms with van der Waals surface area (Å²) >= 11 is 18.9. The Morgan fingerprint density at radius 1 is 1.03 bits per heavy atom. The maximum absolute atomic E-state index is 13.1. The summed E-state index contributed by atoms with van der Waals surface area (Å²) in [6, 6.07) is 10.9. The molecule has 3 amide bonds. The van der Waals surface area contributed by atoms with E-state index in [1.807, 2.05) is 36.1 Å². The summed E-state index contributed by atoms with van der Waals surface area (Å²) < 4.78 is 0. The Balaban J connectivity index is 1.36. The topological polar surface area (TPSA) is 81.9 Å². The molecule has 2 atom stereocenters. The standard InChI is InChI=1S/C26H32Cl3N5O2/c1-16(21-5-3-18(27)13-23(21)29)31-24-14-19(4-6-22(24)28)33-10-7-17(8-11-33)25(35)34-12-9-20(15-34)32(2)26(30)36/h3-6,13-14,16-17,20,31H,7-12,15H2,1-2H3,(H2,30,36). The quantitative estimate of drug-likeness (QED) is 0.485. The fourth-order valence-electron chi connectivity index (χ4n) is 5.07. The van der Waals surface area contributed by atoms with Gasteiger partial charge in [0.25, 0.3) is 0 Å². The van der Waals surface area contributed by atoms with Gasteiger partial charge in [0.05, 0.1) is 22.8 Å². The molecule has 2 aliphatic heterocycles. The highest BCUT2D eigenvalue weighted by molar-refractivity contribution is 6.35. The molecule has 3 N–H and O–H groups in total. The van der Waals surface area contributed by atoms with E-state index in [0.717, 1.165) is 49.3 Å². The minimum absolute atomic E-state index is 0.00308. The number of piperidine rings is 1. The van der Waals surface area contributed by atoms with Gasteiger partial charge in [0.1, 0.15) is 0 Å². The van der Waals surface area contributed by atoms with E-state index in [-0.39, 0.29) is 23.9 Å². The molecule has 0 aliphatic carbocycles. The third-order valence-electron chi connectivity index (χ3n) is 7.33. The van der Waals surface area contributed by atoms with Gasteiger partial charge >= 0.3 is 6.03 Å². The number of rotatable bonds is 6. The Hall–Kier alpha value is -2.35. The summed E-state index contributed by atoms with van der Waals surface area (Å²) in [6.45, 7) is 4.83. The van der Waals surface area contributed by atoms with Crippen molar-refractivity contribution in [3.63, 3.8) is 0 Å². The van der Waals surface area contributed by atoms with Gasteiger partial charge in [0.15, 0.2) is 0 Å². The van der Waals surface area contributed by atoms with E-state index >= 15 is 0 Å². The molecule has 2 fully saturated rings. The number of urea groups is 1. The maximum atomic E-state index is 13.1. The molecule has 2 unspecified atom stereocenters. The van der Waals surface area contributed by atoms with Gasteiger partial charge < -0.3 is 25.8 Å². The third-order valence-corrected chi connectivity index (χ3v) is 8.22. The van der Waals surface area contributed by atoms with Crippen molar-refractivity contribution in [1.82, 2.24) is 9.80 Å². The number of benzene rings is 2. The number of carbonyl (C=O) groups excluding carboxylic acids is 2. The average Bonchev–Trinajstić information content (AvgIpc) is 3.34. The van der Waals surface area contributed by atoms with Gasteiger partial charge in [-0.2, -0.15) is 0 Å². The number of primary amides is 1. The maximum Gasteiger partial charge on any atom is 0.314 e. The number of likely N-dealkylation sites (tertiary alicyclic amines) is 1. The van der Waals surface area contributed by atoms with Crippen molar-refractivity contribution >= 4 is 58.1 Å². The third kappa shape index (κ3) is 5.96. The monoisotopic (exact) mass is 551 g/mol. The van der Waals surface area contributed by atoms with Gasteiger partial charge in [-0.25, -0.2) is 4.79 Å². The normalized spacial score (nSPS) is 19.3. The second-order valence-corrected chi connectivity index (χ2v) is 10.9. The average molecular weight is 553 g/mol. The predicted molar refractivity (Wildman–Crippen MR) is 147 cm³/mol. The number of carbonyl (C=O) groups is 2. The van der Waals surface area contributed by atoms with Crippen molar-refractivity contribution in [2.75, 3.05) is 43.4 Å². The Morgan fingerprint density at radius 3 is 2.42 bits per heavy atom. The van der Waals surface area contributed by atoms with Crippen LogP contribution in [0.4, 0.5) is 16.2 Å². The second-order valence-electron chi connectivity index (χ2n) is 9.63. The van der Waals surface area contributed by atoms with E-state index in [4.69, 9.17) is 40.5 Å². The highest BCUT2D eigenvalue weighted by Gasteiger charge is 2.35. The second kappa shape index (κ2) is 11.4. The van der Waals surface area contributed by atoms with Crippen LogP contribution in [0.15, 0.2) is 36.4 Å². The van der Waals surface area contributed by atoms with Crippen molar-refractivity contribution in [3.05, 3.63) is 57.0 Å². The van der Waals surface area contributed by atoms with Crippen molar-refractivity contribution in [2.45, 2.75) is 38.3 Å². The lowest BCUT2D eigenvalue weighted by molar-refractivity contribution is -0.135. The van der Waals surface area contributed by atoms with Crippen LogP contribution in [-0.4, -0.2) is 61.0 Å². The van der Waals surface area contributed by atoms with E-state index in [1.165, 1.54) is 4.90 Å². The number of hydrogen-bond acceptors (Lipinski definition) is 4. The minimum Gasteiger partial charge on any atom is -0.377 e. The lowest BCUT2D eigenvalue weighted by atomic mass is 9.95. The molecular formula is C26H32Cl3N5O2. The van der Waals surface area contributed by atoms with Gasteiger partial charge in [0, 0.05) is 54.9 Å². The number of anilines is 2. The van der Waals surface area contributed by atoms with Crippen LogP contribution in [0.25, 0.3) is 0 Å². The Kier molecular flexibility index (Phi) is 8.43. The van der Waals surface area contributed by atoms with Crippen LogP contribution >= 0.6 is 34.8 Å². The fourth-order valence-corrected chi connectivity index (χ4v) is 5.81. The number of amides is 3. The summed E-state index contributed by atoms with van der Waals surface area (Å²) in [6.07, 6.45) is 2.34. The number of likely N-dealkylation sites (N-methyl/N-ethyl adjacent to an activating group) is 1. The van der Waals surface area contributed by atoms with Crippen LogP contribution < -0.4 is 16.0 Å². The van der Waals surface area contributed by atoms with E-state index in [0.29, 0.717) is 28.2 Å². The van der Waals surface area contributed by atoms with Gasteiger partial charge in [-0.3, -0.25) is 4.79 Å². The molecule has 194 valence electrons. The Morgan fingerprint density at radius 2 is 1.75 bits per heavy atom. The Labute approximate surface area is 227 Å². The van der Waals surface area contributed by atoms with Crippen LogP contribution in [-0.2, 0) is 4.79 Å². The first kappa shape index (κ1) is 26.7. The lowest BCUT2D eigenvalue weighted by Gasteiger charge is -2.35. The van der Waals surface area contributed by atoms with Crippen LogP contribution in [0, 0.1) is 5.92 Å². The van der Waals surface area contributed by atoms with E-state index < -0.39 is 6.03 Å². The van der Waals surface area contributed by atoms with Crippen molar-refractivity contribution in [2.24, 2.45) is 11.7 Å². The fraction of sp³-hybridized carbons (Fsp3) is 0.462. The van der Waals surface area contributed by atoms with Gasteiger partial charge in [-0.05, 0) is 62.1 Å². The van der Waals surface area contributed by atoms with Crippen LogP contribution in [0.5, 0.6) is 0 Å². The molecule has 2 aromatic rings. The molecule has 2 saturated heterocycles. The molecular weight excluding hydrogens is 521 g/mol. The zero-order chi connectivity index (χ0) is 26.0. The minimum atomic E-state index is -0.454. The zero-order valence-corrected chi connectivity index (χ0v) is 22.8. The summed E-state index contributed by atoms with van der Waals surface area (Å²) in [5.74, 6) is 0.179. The number of halogens is 3. The molecule has 4 rings (SSSR count). The molecule has 0 radical (unpaired) electrons. The van der Waals surface area contributed by atoms with E-state index in [9.17, 15) is 9.59 Å². The molecule has 36 heavy (non-hydrogen) atoms. The predicted octanol–water partition coefficient (Wildman–Crippen LogP) is 5.65. The summed E-state index contributed by atoms with van der Waals surface area (Å²) in [5.41, 5.74) is 8.22. The first-order valence-corrected chi connectivity index (χ1v) is 13.3. The van der Waals surface area contributed by atoms with Crippen molar-refractivity contribution in [3.8, 4) is 0 Å². The van der Waals surface area contributed by atoms with Gasteiger partial charge in [0.2, 0.25) is 5.91 Å². The summed E-state index contributed by atoms with van der Waals surface area (Å²) in [7, 11) is 1.69. The smallest absolute Gasteiger partial charge is 0.314 e. The highest BCUT2D eigenvalue weighted by Crippen LogP contribution is 2.34. The van der Waals surface area contributed by atoms with Gasteiger partial charge in [-0.1, -0.05) is 40.9 Å². The molecule has 10 heteroatoms. The van der Waals surface area contributed by atoms with E-state index in [1.54, 1.807) is 13.1 Å². The lowest BCUT2D eigenvalue weighted by Crippen LogP contribution is -2.45. The molecule has 2 aliphatic rings. The molecule has 0 saturated carbocycles. The molecule has 7 nitrogen and oxygen atoms in total.